The van der Waals surface area contributed by atoms with E-state index in [2.05, 4.69) is 18.2 Å². The van der Waals surface area contributed by atoms with Crippen molar-refractivity contribution < 1.29 is 14.4 Å². The minimum atomic E-state index is -4.12. The summed E-state index contributed by atoms with van der Waals surface area (Å²) >= 11 is 0. The maximum Gasteiger partial charge on any atom is 0.329 e. The number of benzene rings is 3. The molecule has 0 aliphatic rings. The third-order valence-electron chi connectivity index (χ3n) is 4.21. The van der Waals surface area contributed by atoms with Crippen molar-refractivity contribution in [2.24, 2.45) is 0 Å². The summed E-state index contributed by atoms with van der Waals surface area (Å²) in [7, 11) is -4.12. The van der Waals surface area contributed by atoms with Crippen molar-refractivity contribution in [3.63, 3.8) is 0 Å². The molecule has 0 aromatic heterocycles. The van der Waals surface area contributed by atoms with Gasteiger partial charge in [-0.25, -0.2) is 0 Å². The van der Waals surface area contributed by atoms with E-state index in [1.807, 2.05) is 60.7 Å². The molecule has 25 heavy (non-hydrogen) atoms. The first-order valence-corrected chi connectivity index (χ1v) is 10.0. The Labute approximate surface area is 148 Å². The lowest BCUT2D eigenvalue weighted by atomic mass is 9.92. The van der Waals surface area contributed by atoms with E-state index in [0.29, 0.717) is 6.42 Å². The van der Waals surface area contributed by atoms with E-state index < -0.39 is 7.60 Å². The first-order chi connectivity index (χ1) is 12.0. The Hall–Kier alpha value is -2.19. The monoisotopic (exact) mass is 352 g/mol. The highest BCUT2D eigenvalue weighted by molar-refractivity contribution is 7.50. The standard InChI is InChI=1S/C21H21O3P/c22-25(23,24)16-20-13-7-12-19(14-17-8-3-1-4-9-17)21(20)15-18-10-5-2-6-11-18/h1-13H,14-16H2,(H2,22,23,24). The second kappa shape index (κ2) is 7.79. The van der Waals surface area contributed by atoms with E-state index >= 15 is 0 Å². The smallest absolute Gasteiger partial charge is 0.324 e. The molecule has 0 fully saturated rings. The molecular weight excluding hydrogens is 331 g/mol. The van der Waals surface area contributed by atoms with Crippen LogP contribution in [0, 0.1) is 0 Å². The second-order valence-electron chi connectivity index (χ2n) is 6.20. The summed E-state index contributed by atoms with van der Waals surface area (Å²) in [6.45, 7) is 0. The summed E-state index contributed by atoms with van der Waals surface area (Å²) in [6, 6.07) is 25.9. The lowest BCUT2D eigenvalue weighted by Gasteiger charge is -2.16. The topological polar surface area (TPSA) is 57.5 Å². The zero-order valence-electron chi connectivity index (χ0n) is 13.9. The van der Waals surface area contributed by atoms with Gasteiger partial charge in [-0.2, -0.15) is 0 Å². The molecule has 0 heterocycles. The summed E-state index contributed by atoms with van der Waals surface area (Å²) < 4.78 is 11.6. The second-order valence-corrected chi connectivity index (χ2v) is 7.85. The summed E-state index contributed by atoms with van der Waals surface area (Å²) in [5.41, 5.74) is 5.17. The van der Waals surface area contributed by atoms with E-state index in [1.54, 1.807) is 0 Å². The third kappa shape index (κ3) is 5.14. The minimum Gasteiger partial charge on any atom is -0.324 e. The van der Waals surface area contributed by atoms with E-state index in [1.165, 1.54) is 5.56 Å². The van der Waals surface area contributed by atoms with Gasteiger partial charge in [0, 0.05) is 0 Å². The van der Waals surface area contributed by atoms with Crippen molar-refractivity contribution in [3.8, 4) is 0 Å². The van der Waals surface area contributed by atoms with E-state index in [0.717, 1.165) is 28.7 Å². The highest BCUT2D eigenvalue weighted by atomic mass is 31.2. The quantitative estimate of drug-likeness (QED) is 0.640. The number of rotatable bonds is 6. The summed E-state index contributed by atoms with van der Waals surface area (Å²) in [5, 5.41) is 0. The minimum absolute atomic E-state index is 0.224. The number of hydrogen-bond acceptors (Lipinski definition) is 1. The summed E-state index contributed by atoms with van der Waals surface area (Å²) in [4.78, 5) is 18.9. The van der Waals surface area contributed by atoms with Crippen molar-refractivity contribution in [1.29, 1.82) is 0 Å². The SMILES string of the molecule is O=P(O)(O)Cc1cccc(Cc2ccccc2)c1Cc1ccccc1. The molecule has 2 N–H and O–H groups in total. The molecule has 0 unspecified atom stereocenters. The largest absolute Gasteiger partial charge is 0.329 e. The van der Waals surface area contributed by atoms with Crippen LogP contribution < -0.4 is 0 Å². The molecule has 3 aromatic rings. The summed E-state index contributed by atoms with van der Waals surface area (Å²) in [5.74, 6) is 0. The van der Waals surface area contributed by atoms with Crippen LogP contribution in [0.3, 0.4) is 0 Å². The molecule has 3 rings (SSSR count). The van der Waals surface area contributed by atoms with Gasteiger partial charge < -0.3 is 9.79 Å². The Bertz CT molecular complexity index is 870. The molecule has 0 saturated carbocycles. The van der Waals surface area contributed by atoms with Gasteiger partial charge in [-0.05, 0) is 40.7 Å². The zero-order valence-corrected chi connectivity index (χ0v) is 14.8. The van der Waals surface area contributed by atoms with Crippen LogP contribution in [0.4, 0.5) is 0 Å². The van der Waals surface area contributed by atoms with Gasteiger partial charge in [-0.15, -0.1) is 0 Å². The molecule has 0 aliphatic carbocycles. The van der Waals surface area contributed by atoms with Gasteiger partial charge >= 0.3 is 7.60 Å². The van der Waals surface area contributed by atoms with Gasteiger partial charge in [-0.3, -0.25) is 4.57 Å². The first kappa shape index (κ1) is 17.6. The van der Waals surface area contributed by atoms with Crippen molar-refractivity contribution >= 4 is 7.60 Å². The molecule has 0 bridgehead atoms. The fourth-order valence-electron chi connectivity index (χ4n) is 3.07. The zero-order chi connectivity index (χ0) is 17.7. The lowest BCUT2D eigenvalue weighted by molar-refractivity contribution is 0.371. The van der Waals surface area contributed by atoms with Gasteiger partial charge in [0.15, 0.2) is 0 Å². The Morgan fingerprint density at radius 2 is 1.16 bits per heavy atom. The van der Waals surface area contributed by atoms with Crippen LogP contribution in [0.15, 0.2) is 78.9 Å². The highest BCUT2D eigenvalue weighted by Crippen LogP contribution is 2.40. The van der Waals surface area contributed by atoms with Gasteiger partial charge in [-0.1, -0.05) is 78.9 Å². The molecule has 0 spiro atoms. The maximum absolute atomic E-state index is 11.6. The average molecular weight is 352 g/mol. The Morgan fingerprint density at radius 3 is 1.72 bits per heavy atom. The average Bonchev–Trinajstić information content (AvgIpc) is 2.58. The molecule has 0 saturated heterocycles. The van der Waals surface area contributed by atoms with Crippen LogP contribution in [0.25, 0.3) is 0 Å². The van der Waals surface area contributed by atoms with Gasteiger partial charge in [0.05, 0.1) is 6.16 Å². The molecule has 4 heteroatoms. The molecule has 0 atom stereocenters. The van der Waals surface area contributed by atoms with Gasteiger partial charge in [0.25, 0.3) is 0 Å². The van der Waals surface area contributed by atoms with E-state index in [-0.39, 0.29) is 6.16 Å². The van der Waals surface area contributed by atoms with Crippen molar-refractivity contribution in [2.75, 3.05) is 0 Å². The van der Waals surface area contributed by atoms with Crippen molar-refractivity contribution in [1.82, 2.24) is 0 Å². The maximum atomic E-state index is 11.6. The van der Waals surface area contributed by atoms with Crippen LogP contribution in [-0.4, -0.2) is 9.79 Å². The Morgan fingerprint density at radius 1 is 0.640 bits per heavy atom. The summed E-state index contributed by atoms with van der Waals surface area (Å²) in [6.07, 6.45) is 1.19. The fraction of sp³-hybridized carbons (Fsp3) is 0.143. The Kier molecular flexibility index (Phi) is 5.50. The van der Waals surface area contributed by atoms with Crippen LogP contribution in [-0.2, 0) is 23.6 Å². The molecule has 0 aliphatic heterocycles. The molecule has 0 amide bonds. The van der Waals surface area contributed by atoms with Crippen LogP contribution >= 0.6 is 7.60 Å². The van der Waals surface area contributed by atoms with Crippen LogP contribution in [0.1, 0.15) is 27.8 Å². The molecule has 0 radical (unpaired) electrons. The predicted molar refractivity (Wildman–Crippen MR) is 101 cm³/mol. The van der Waals surface area contributed by atoms with E-state index in [4.69, 9.17) is 0 Å². The molecule has 3 nitrogen and oxygen atoms in total. The Balaban J connectivity index is 2.01. The van der Waals surface area contributed by atoms with Gasteiger partial charge in [0.2, 0.25) is 0 Å². The fourth-order valence-corrected chi connectivity index (χ4v) is 3.81. The number of hydrogen-bond donors (Lipinski definition) is 2. The van der Waals surface area contributed by atoms with E-state index in [9.17, 15) is 14.4 Å². The third-order valence-corrected chi connectivity index (χ3v) is 4.96. The highest BCUT2D eigenvalue weighted by Gasteiger charge is 2.18. The van der Waals surface area contributed by atoms with Crippen LogP contribution in [0.5, 0.6) is 0 Å². The first-order valence-electron chi connectivity index (χ1n) is 8.23. The van der Waals surface area contributed by atoms with Crippen LogP contribution in [0.2, 0.25) is 0 Å². The molecule has 3 aromatic carbocycles. The normalized spacial score (nSPS) is 11.4. The predicted octanol–water partition coefficient (Wildman–Crippen LogP) is 4.55. The molecule has 128 valence electrons. The lowest BCUT2D eigenvalue weighted by Crippen LogP contribution is -2.03. The van der Waals surface area contributed by atoms with Gasteiger partial charge in [0.1, 0.15) is 0 Å². The molecular formula is C21H21O3P. The van der Waals surface area contributed by atoms with Crippen molar-refractivity contribution in [2.45, 2.75) is 19.0 Å². The van der Waals surface area contributed by atoms with Crippen molar-refractivity contribution in [3.05, 3.63) is 107 Å².